The number of nitrogens with two attached hydrogens (primary N) is 1. The monoisotopic (exact) mass is 293 g/mol. The van der Waals surface area contributed by atoms with Crippen LogP contribution in [0.4, 0.5) is 0 Å². The van der Waals surface area contributed by atoms with Crippen molar-refractivity contribution in [1.82, 2.24) is 9.80 Å². The molecule has 2 aliphatic heterocycles. The molecule has 3 fully saturated rings. The minimum atomic E-state index is 0.402. The van der Waals surface area contributed by atoms with Crippen LogP contribution in [0.5, 0.6) is 0 Å². The third kappa shape index (κ3) is 3.80. The molecule has 0 aromatic heterocycles. The highest BCUT2D eigenvalue weighted by Crippen LogP contribution is 2.33. The summed E-state index contributed by atoms with van der Waals surface area (Å²) in [6, 6.07) is 1.05. The average molecular weight is 293 g/mol. The van der Waals surface area contributed by atoms with E-state index in [1.165, 1.54) is 71.2 Å². The van der Waals surface area contributed by atoms with Gasteiger partial charge in [-0.15, -0.1) is 0 Å². The zero-order chi connectivity index (χ0) is 14.8. The van der Waals surface area contributed by atoms with Gasteiger partial charge >= 0.3 is 0 Å². The maximum atomic E-state index is 6.51. The standard InChI is InChI=1S/C18H35N3/c1-14-11-15(2)18(17(19)12-14)21-9-5-16(6-10-21)13-20-7-3-4-8-20/h14-18H,3-13,19H2,1-2H3. The van der Waals surface area contributed by atoms with Crippen LogP contribution >= 0.6 is 0 Å². The first kappa shape index (κ1) is 15.8. The quantitative estimate of drug-likeness (QED) is 0.868. The summed E-state index contributed by atoms with van der Waals surface area (Å²) in [7, 11) is 0. The van der Waals surface area contributed by atoms with Crippen LogP contribution in [0, 0.1) is 17.8 Å². The largest absolute Gasteiger partial charge is 0.326 e. The van der Waals surface area contributed by atoms with Gasteiger partial charge < -0.3 is 10.6 Å². The number of likely N-dealkylation sites (tertiary alicyclic amines) is 2. The molecule has 122 valence electrons. The lowest BCUT2D eigenvalue weighted by molar-refractivity contribution is 0.0425. The number of hydrogen-bond acceptors (Lipinski definition) is 3. The van der Waals surface area contributed by atoms with E-state index in [4.69, 9.17) is 5.73 Å². The summed E-state index contributed by atoms with van der Waals surface area (Å²) in [5.41, 5.74) is 6.51. The van der Waals surface area contributed by atoms with Gasteiger partial charge in [-0.1, -0.05) is 13.8 Å². The molecule has 0 aromatic carbocycles. The van der Waals surface area contributed by atoms with Crippen molar-refractivity contribution in [3.63, 3.8) is 0 Å². The molecule has 0 amide bonds. The van der Waals surface area contributed by atoms with Gasteiger partial charge in [-0.05, 0) is 82.5 Å². The van der Waals surface area contributed by atoms with Gasteiger partial charge in [0.2, 0.25) is 0 Å². The van der Waals surface area contributed by atoms with Crippen LogP contribution in [0.1, 0.15) is 52.4 Å². The molecule has 0 aromatic rings. The fraction of sp³-hybridized carbons (Fsp3) is 1.00. The zero-order valence-electron chi connectivity index (χ0n) is 14.1. The van der Waals surface area contributed by atoms with Crippen molar-refractivity contribution in [3.05, 3.63) is 0 Å². The molecule has 1 saturated carbocycles. The summed E-state index contributed by atoms with van der Waals surface area (Å²) in [5, 5.41) is 0. The van der Waals surface area contributed by atoms with Crippen molar-refractivity contribution in [1.29, 1.82) is 0 Å². The molecule has 0 bridgehead atoms. The molecule has 4 atom stereocenters. The summed E-state index contributed by atoms with van der Waals surface area (Å²) in [5.74, 6) is 2.53. The molecule has 2 saturated heterocycles. The Balaban J connectivity index is 1.48. The number of nitrogens with zero attached hydrogens (tertiary/aromatic N) is 2. The Morgan fingerprint density at radius 3 is 2.24 bits per heavy atom. The van der Waals surface area contributed by atoms with E-state index in [9.17, 15) is 0 Å². The van der Waals surface area contributed by atoms with Crippen LogP contribution in [0.25, 0.3) is 0 Å². The van der Waals surface area contributed by atoms with Crippen molar-refractivity contribution in [2.24, 2.45) is 23.5 Å². The van der Waals surface area contributed by atoms with Crippen molar-refractivity contribution >= 4 is 0 Å². The summed E-state index contributed by atoms with van der Waals surface area (Å²) in [6.45, 7) is 11.4. The molecule has 3 aliphatic rings. The highest BCUT2D eigenvalue weighted by Gasteiger charge is 2.37. The van der Waals surface area contributed by atoms with Crippen LogP contribution in [-0.2, 0) is 0 Å². The predicted molar refractivity (Wildman–Crippen MR) is 89.3 cm³/mol. The van der Waals surface area contributed by atoms with E-state index in [-0.39, 0.29) is 0 Å². The molecule has 3 heteroatoms. The Hall–Kier alpha value is -0.120. The molecule has 0 spiro atoms. The minimum Gasteiger partial charge on any atom is -0.326 e. The zero-order valence-corrected chi connectivity index (χ0v) is 14.1. The van der Waals surface area contributed by atoms with E-state index in [2.05, 4.69) is 23.6 Å². The van der Waals surface area contributed by atoms with Gasteiger partial charge in [-0.25, -0.2) is 0 Å². The van der Waals surface area contributed by atoms with Crippen molar-refractivity contribution in [2.75, 3.05) is 32.7 Å². The van der Waals surface area contributed by atoms with E-state index in [0.717, 1.165) is 17.8 Å². The molecule has 3 rings (SSSR count). The van der Waals surface area contributed by atoms with Crippen LogP contribution in [0.15, 0.2) is 0 Å². The van der Waals surface area contributed by atoms with Gasteiger partial charge in [0.15, 0.2) is 0 Å². The molecule has 1 aliphatic carbocycles. The second kappa shape index (κ2) is 6.97. The lowest BCUT2D eigenvalue weighted by Crippen LogP contribution is -2.57. The van der Waals surface area contributed by atoms with E-state index >= 15 is 0 Å². The predicted octanol–water partition coefficient (Wildman–Crippen LogP) is 2.56. The fourth-order valence-electron chi connectivity index (χ4n) is 5.29. The van der Waals surface area contributed by atoms with Gasteiger partial charge in [-0.2, -0.15) is 0 Å². The van der Waals surface area contributed by atoms with Crippen molar-refractivity contribution < 1.29 is 0 Å². The number of hydrogen-bond donors (Lipinski definition) is 1. The first-order valence-corrected chi connectivity index (χ1v) is 9.35. The van der Waals surface area contributed by atoms with Crippen molar-refractivity contribution in [3.8, 4) is 0 Å². The van der Waals surface area contributed by atoms with Crippen LogP contribution < -0.4 is 5.73 Å². The van der Waals surface area contributed by atoms with E-state index < -0.39 is 0 Å². The van der Waals surface area contributed by atoms with E-state index in [1.54, 1.807) is 0 Å². The molecule has 4 unspecified atom stereocenters. The molecule has 0 radical (unpaired) electrons. The molecule has 21 heavy (non-hydrogen) atoms. The minimum absolute atomic E-state index is 0.402. The van der Waals surface area contributed by atoms with Crippen LogP contribution in [0.3, 0.4) is 0 Å². The van der Waals surface area contributed by atoms with E-state index in [0.29, 0.717) is 12.1 Å². The number of rotatable bonds is 3. The smallest absolute Gasteiger partial charge is 0.0272 e. The second-order valence-corrected chi connectivity index (χ2v) is 8.20. The highest BCUT2D eigenvalue weighted by atomic mass is 15.2. The number of piperidine rings is 1. The molecular formula is C18H35N3. The third-order valence-electron chi connectivity index (χ3n) is 6.26. The average Bonchev–Trinajstić information content (AvgIpc) is 2.92. The Morgan fingerprint density at radius 2 is 1.62 bits per heavy atom. The molecular weight excluding hydrogens is 258 g/mol. The first-order chi connectivity index (χ1) is 10.1. The molecule has 2 heterocycles. The van der Waals surface area contributed by atoms with Gasteiger partial charge in [0.1, 0.15) is 0 Å². The van der Waals surface area contributed by atoms with E-state index in [1.807, 2.05) is 0 Å². The van der Waals surface area contributed by atoms with Crippen molar-refractivity contribution in [2.45, 2.75) is 64.5 Å². The van der Waals surface area contributed by atoms with Gasteiger partial charge in [0.25, 0.3) is 0 Å². The van der Waals surface area contributed by atoms with Gasteiger partial charge in [0, 0.05) is 18.6 Å². The summed E-state index contributed by atoms with van der Waals surface area (Å²) in [4.78, 5) is 5.43. The topological polar surface area (TPSA) is 32.5 Å². The summed E-state index contributed by atoms with van der Waals surface area (Å²) >= 11 is 0. The Bertz CT molecular complexity index is 306. The lowest BCUT2D eigenvalue weighted by atomic mass is 9.75. The maximum absolute atomic E-state index is 6.51. The lowest BCUT2D eigenvalue weighted by Gasteiger charge is -2.47. The van der Waals surface area contributed by atoms with Crippen LogP contribution in [0.2, 0.25) is 0 Å². The molecule has 3 nitrogen and oxygen atoms in total. The van der Waals surface area contributed by atoms with Crippen LogP contribution in [-0.4, -0.2) is 54.6 Å². The molecule has 2 N–H and O–H groups in total. The first-order valence-electron chi connectivity index (χ1n) is 9.35. The van der Waals surface area contributed by atoms with Gasteiger partial charge in [0.05, 0.1) is 0 Å². The Morgan fingerprint density at radius 1 is 0.952 bits per heavy atom. The van der Waals surface area contributed by atoms with Gasteiger partial charge in [-0.3, -0.25) is 4.90 Å². The normalized spacial score (nSPS) is 40.7. The summed E-state index contributed by atoms with van der Waals surface area (Å²) in [6.07, 6.45) is 8.22. The Kier molecular flexibility index (Phi) is 5.23. The summed E-state index contributed by atoms with van der Waals surface area (Å²) < 4.78 is 0. The Labute approximate surface area is 131 Å². The second-order valence-electron chi connectivity index (χ2n) is 8.20. The highest BCUT2D eigenvalue weighted by molar-refractivity contribution is 4.94. The third-order valence-corrected chi connectivity index (χ3v) is 6.26. The SMILES string of the molecule is CC1CC(C)C(N2CCC(CN3CCCC3)CC2)C(N)C1. The maximum Gasteiger partial charge on any atom is 0.0272 e. The fourth-order valence-corrected chi connectivity index (χ4v) is 5.29.